The first-order valence-corrected chi connectivity index (χ1v) is 6.26. The first kappa shape index (κ1) is 14.5. The lowest BCUT2D eigenvalue weighted by molar-refractivity contribution is 0.0817. The van der Waals surface area contributed by atoms with Gasteiger partial charge in [-0.2, -0.15) is 0 Å². The summed E-state index contributed by atoms with van der Waals surface area (Å²) in [6.07, 6.45) is -0.864. The van der Waals surface area contributed by atoms with Crippen LogP contribution in [0.3, 0.4) is 0 Å². The Morgan fingerprint density at radius 1 is 1.10 bits per heavy atom. The van der Waals surface area contributed by atoms with Gasteiger partial charge in [0.05, 0.1) is 0 Å². The SMILES string of the molecule is CC(Oc1cc(F)cc(F)c1)C(=O)c1ccc(Cl)cc1. The Morgan fingerprint density at radius 3 is 2.20 bits per heavy atom. The van der Waals surface area contributed by atoms with Crippen LogP contribution in [0.2, 0.25) is 5.02 Å². The number of hydrogen-bond acceptors (Lipinski definition) is 2. The molecule has 0 aliphatic carbocycles. The van der Waals surface area contributed by atoms with Crippen LogP contribution < -0.4 is 4.74 Å². The van der Waals surface area contributed by atoms with E-state index < -0.39 is 17.7 Å². The topological polar surface area (TPSA) is 26.3 Å². The van der Waals surface area contributed by atoms with E-state index in [1.807, 2.05) is 0 Å². The predicted octanol–water partition coefficient (Wildman–Crippen LogP) is 4.27. The summed E-state index contributed by atoms with van der Waals surface area (Å²) in [5, 5.41) is 0.516. The fraction of sp³-hybridized carbons (Fsp3) is 0.133. The second-order valence-electron chi connectivity index (χ2n) is 4.24. The zero-order valence-electron chi connectivity index (χ0n) is 10.6. The van der Waals surface area contributed by atoms with Crippen LogP contribution in [0.15, 0.2) is 42.5 Å². The number of carbonyl (C=O) groups excluding carboxylic acids is 1. The zero-order valence-corrected chi connectivity index (χ0v) is 11.3. The fourth-order valence-corrected chi connectivity index (χ4v) is 1.83. The normalized spacial score (nSPS) is 12.0. The molecule has 0 amide bonds. The molecule has 104 valence electrons. The third kappa shape index (κ3) is 3.54. The van der Waals surface area contributed by atoms with Crippen molar-refractivity contribution in [3.63, 3.8) is 0 Å². The maximum absolute atomic E-state index is 13.0. The second-order valence-corrected chi connectivity index (χ2v) is 4.67. The summed E-state index contributed by atoms with van der Waals surface area (Å²) >= 11 is 5.73. The maximum Gasteiger partial charge on any atom is 0.202 e. The molecule has 1 unspecified atom stereocenters. The molecule has 0 aliphatic rings. The standard InChI is InChI=1S/C15H11ClF2O2/c1-9(15(19)10-2-4-11(16)5-3-10)20-14-7-12(17)6-13(18)8-14/h2-9H,1H3. The molecule has 0 spiro atoms. The van der Waals surface area contributed by atoms with Gasteiger partial charge in [-0.05, 0) is 31.2 Å². The summed E-state index contributed by atoms with van der Waals surface area (Å²) in [7, 11) is 0. The van der Waals surface area contributed by atoms with E-state index in [-0.39, 0.29) is 11.5 Å². The van der Waals surface area contributed by atoms with Crippen molar-refractivity contribution in [2.75, 3.05) is 0 Å². The number of halogens is 3. The molecule has 20 heavy (non-hydrogen) atoms. The number of carbonyl (C=O) groups is 1. The van der Waals surface area contributed by atoms with Crippen LogP contribution in [0.1, 0.15) is 17.3 Å². The number of ketones is 1. The molecule has 2 aromatic carbocycles. The minimum Gasteiger partial charge on any atom is -0.482 e. The van der Waals surface area contributed by atoms with Crippen LogP contribution in [-0.4, -0.2) is 11.9 Å². The average Bonchev–Trinajstić information content (AvgIpc) is 2.37. The summed E-state index contributed by atoms with van der Waals surface area (Å²) in [5.74, 6) is -1.85. The summed E-state index contributed by atoms with van der Waals surface area (Å²) < 4.78 is 31.3. The number of hydrogen-bond donors (Lipinski definition) is 0. The second kappa shape index (κ2) is 6.01. The van der Waals surface area contributed by atoms with Crippen LogP contribution >= 0.6 is 11.6 Å². The van der Waals surface area contributed by atoms with Gasteiger partial charge in [0.15, 0.2) is 6.10 Å². The van der Waals surface area contributed by atoms with E-state index in [4.69, 9.17) is 16.3 Å². The van der Waals surface area contributed by atoms with Gasteiger partial charge in [-0.15, -0.1) is 0 Å². The van der Waals surface area contributed by atoms with Crippen LogP contribution in [0, 0.1) is 11.6 Å². The zero-order chi connectivity index (χ0) is 14.7. The molecule has 0 aliphatic heterocycles. The quantitative estimate of drug-likeness (QED) is 0.788. The third-order valence-electron chi connectivity index (χ3n) is 2.65. The summed E-state index contributed by atoms with van der Waals surface area (Å²) in [6, 6.07) is 9.09. The van der Waals surface area contributed by atoms with Crippen molar-refractivity contribution in [3.05, 3.63) is 64.7 Å². The Labute approximate surface area is 119 Å². The Kier molecular flexibility index (Phi) is 4.35. The predicted molar refractivity (Wildman–Crippen MR) is 72.2 cm³/mol. The van der Waals surface area contributed by atoms with Crippen molar-refractivity contribution >= 4 is 17.4 Å². The van der Waals surface area contributed by atoms with E-state index in [1.165, 1.54) is 6.92 Å². The molecule has 0 fully saturated rings. The molecule has 5 heteroatoms. The molecule has 2 rings (SSSR count). The van der Waals surface area contributed by atoms with Gasteiger partial charge in [-0.1, -0.05) is 11.6 Å². The van der Waals surface area contributed by atoms with Crippen molar-refractivity contribution < 1.29 is 18.3 Å². The summed E-state index contributed by atoms with van der Waals surface area (Å²) in [4.78, 5) is 12.1. The molecule has 0 aromatic heterocycles. The lowest BCUT2D eigenvalue weighted by Gasteiger charge is -2.14. The monoisotopic (exact) mass is 296 g/mol. The van der Waals surface area contributed by atoms with Gasteiger partial charge in [0.2, 0.25) is 5.78 Å². The molecule has 1 atom stereocenters. The average molecular weight is 297 g/mol. The van der Waals surface area contributed by atoms with Gasteiger partial charge in [0.25, 0.3) is 0 Å². The largest absolute Gasteiger partial charge is 0.482 e. The highest BCUT2D eigenvalue weighted by atomic mass is 35.5. The molecule has 0 N–H and O–H groups in total. The van der Waals surface area contributed by atoms with E-state index in [0.29, 0.717) is 10.6 Å². The summed E-state index contributed by atoms with van der Waals surface area (Å²) in [6.45, 7) is 1.51. The first-order valence-electron chi connectivity index (χ1n) is 5.88. The molecular formula is C15H11ClF2O2. The number of benzene rings is 2. The van der Waals surface area contributed by atoms with Crippen molar-refractivity contribution in [2.24, 2.45) is 0 Å². The lowest BCUT2D eigenvalue weighted by Crippen LogP contribution is -2.24. The Bertz CT molecular complexity index is 606. The fourth-order valence-electron chi connectivity index (χ4n) is 1.70. The van der Waals surface area contributed by atoms with Gasteiger partial charge < -0.3 is 4.74 Å². The minimum atomic E-state index is -0.864. The molecule has 2 nitrogen and oxygen atoms in total. The smallest absolute Gasteiger partial charge is 0.202 e. The molecular weight excluding hydrogens is 286 g/mol. The van der Waals surface area contributed by atoms with E-state index in [9.17, 15) is 13.6 Å². The Hall–Kier alpha value is -1.94. The molecule has 0 saturated heterocycles. The van der Waals surface area contributed by atoms with Crippen molar-refractivity contribution in [3.8, 4) is 5.75 Å². The van der Waals surface area contributed by atoms with Crippen LogP contribution in [0.25, 0.3) is 0 Å². The van der Waals surface area contributed by atoms with Gasteiger partial charge in [0.1, 0.15) is 17.4 Å². The van der Waals surface area contributed by atoms with Crippen molar-refractivity contribution in [2.45, 2.75) is 13.0 Å². The lowest BCUT2D eigenvalue weighted by atomic mass is 10.1. The number of Topliss-reactive ketones (excluding diaryl/α,β-unsaturated/α-hetero) is 1. The van der Waals surface area contributed by atoms with Gasteiger partial charge >= 0.3 is 0 Å². The highest BCUT2D eigenvalue weighted by molar-refractivity contribution is 6.30. The molecule has 0 heterocycles. The molecule has 2 aromatic rings. The third-order valence-corrected chi connectivity index (χ3v) is 2.90. The van der Waals surface area contributed by atoms with Crippen molar-refractivity contribution in [1.82, 2.24) is 0 Å². The van der Waals surface area contributed by atoms with Crippen LogP contribution in [0.4, 0.5) is 8.78 Å². The van der Waals surface area contributed by atoms with E-state index in [0.717, 1.165) is 18.2 Å². The number of ether oxygens (including phenoxy) is 1. The molecule has 0 bridgehead atoms. The first-order chi connectivity index (χ1) is 9.45. The van der Waals surface area contributed by atoms with Gasteiger partial charge in [-0.25, -0.2) is 8.78 Å². The van der Waals surface area contributed by atoms with Crippen LogP contribution in [-0.2, 0) is 0 Å². The van der Waals surface area contributed by atoms with Gasteiger partial charge in [-0.3, -0.25) is 4.79 Å². The highest BCUT2D eigenvalue weighted by Gasteiger charge is 2.17. The van der Waals surface area contributed by atoms with Crippen molar-refractivity contribution in [1.29, 1.82) is 0 Å². The Balaban J connectivity index is 2.13. The van der Waals surface area contributed by atoms with Crippen LogP contribution in [0.5, 0.6) is 5.75 Å². The van der Waals surface area contributed by atoms with E-state index in [2.05, 4.69) is 0 Å². The molecule has 0 radical (unpaired) electrons. The van der Waals surface area contributed by atoms with E-state index >= 15 is 0 Å². The van der Waals surface area contributed by atoms with E-state index in [1.54, 1.807) is 24.3 Å². The maximum atomic E-state index is 13.0. The molecule has 0 saturated carbocycles. The Morgan fingerprint density at radius 2 is 1.65 bits per heavy atom. The summed E-state index contributed by atoms with van der Waals surface area (Å²) in [5.41, 5.74) is 0.416. The highest BCUT2D eigenvalue weighted by Crippen LogP contribution is 2.19. The minimum absolute atomic E-state index is 0.0303. The number of rotatable bonds is 4. The van der Waals surface area contributed by atoms with Gasteiger partial charge in [0, 0.05) is 28.8 Å².